The summed E-state index contributed by atoms with van der Waals surface area (Å²) < 4.78 is 28.6. The number of halogens is 2. The van der Waals surface area contributed by atoms with Crippen molar-refractivity contribution in [2.45, 2.75) is 19.5 Å². The highest BCUT2D eigenvalue weighted by Crippen LogP contribution is 2.21. The van der Waals surface area contributed by atoms with E-state index in [0.717, 1.165) is 0 Å². The van der Waals surface area contributed by atoms with Gasteiger partial charge < -0.3 is 14.7 Å². The van der Waals surface area contributed by atoms with Crippen molar-refractivity contribution in [3.05, 3.63) is 29.8 Å². The fourth-order valence-electron chi connectivity index (χ4n) is 2.35. The van der Waals surface area contributed by atoms with Crippen LogP contribution in [0.5, 0.6) is 5.75 Å². The summed E-state index contributed by atoms with van der Waals surface area (Å²) in [6, 6.07) is 5.51. The van der Waals surface area contributed by atoms with Gasteiger partial charge in [-0.2, -0.15) is 8.78 Å². The molecule has 1 atom stereocenters. The summed E-state index contributed by atoms with van der Waals surface area (Å²) in [6.07, 6.45) is 1.14. The maximum Gasteiger partial charge on any atom is 0.387 e. The van der Waals surface area contributed by atoms with E-state index >= 15 is 0 Å². The lowest BCUT2D eigenvalue weighted by Gasteiger charge is -2.30. The first kappa shape index (κ1) is 15.2. The first-order chi connectivity index (χ1) is 9.97. The molecule has 1 aromatic rings. The highest BCUT2D eigenvalue weighted by Gasteiger charge is 2.28. The summed E-state index contributed by atoms with van der Waals surface area (Å²) >= 11 is 0. The molecule has 0 aromatic heterocycles. The summed E-state index contributed by atoms with van der Waals surface area (Å²) in [6.45, 7) is -2.36. The lowest BCUT2D eigenvalue weighted by atomic mass is 9.97. The molecule has 0 radical (unpaired) electrons. The standard InChI is InChI=1S/C14H15F2NO4/c15-14(16)21-11-5-1-3-9(7-11)12(18)17-6-2-4-10(8-17)13(19)20/h1,3,5,7,10,14H,2,4,6,8H2,(H,19,20)/t10-/m1/s1. The van der Waals surface area contributed by atoms with Crippen LogP contribution >= 0.6 is 0 Å². The molecule has 1 aromatic carbocycles. The van der Waals surface area contributed by atoms with Crippen molar-refractivity contribution in [1.29, 1.82) is 0 Å². The number of ether oxygens (including phenoxy) is 1. The topological polar surface area (TPSA) is 66.8 Å². The van der Waals surface area contributed by atoms with Crippen LogP contribution < -0.4 is 4.74 Å². The number of carboxylic acid groups (broad SMARTS) is 1. The second kappa shape index (κ2) is 6.51. The number of benzene rings is 1. The molecule has 5 nitrogen and oxygen atoms in total. The third kappa shape index (κ3) is 3.90. The van der Waals surface area contributed by atoms with E-state index in [1.165, 1.54) is 29.2 Å². The number of alkyl halides is 2. The van der Waals surface area contributed by atoms with Gasteiger partial charge in [0.15, 0.2) is 0 Å². The van der Waals surface area contributed by atoms with Gasteiger partial charge in [0.2, 0.25) is 0 Å². The Morgan fingerprint density at radius 3 is 2.81 bits per heavy atom. The number of hydrogen-bond donors (Lipinski definition) is 1. The average molecular weight is 299 g/mol. The molecule has 2 rings (SSSR count). The van der Waals surface area contributed by atoms with Gasteiger partial charge in [0, 0.05) is 18.7 Å². The molecule has 1 aliphatic heterocycles. The Morgan fingerprint density at radius 2 is 2.14 bits per heavy atom. The zero-order chi connectivity index (χ0) is 15.4. The molecule has 0 saturated carbocycles. The van der Waals surface area contributed by atoms with E-state index in [0.29, 0.717) is 19.4 Å². The third-order valence-corrected chi connectivity index (χ3v) is 3.36. The van der Waals surface area contributed by atoms with Crippen LogP contribution in [-0.2, 0) is 4.79 Å². The fraction of sp³-hybridized carbons (Fsp3) is 0.429. The van der Waals surface area contributed by atoms with Gasteiger partial charge in [0.25, 0.3) is 5.91 Å². The van der Waals surface area contributed by atoms with E-state index in [9.17, 15) is 18.4 Å². The van der Waals surface area contributed by atoms with Gasteiger partial charge in [-0.05, 0) is 31.0 Å². The summed E-state index contributed by atoms with van der Waals surface area (Å²) in [4.78, 5) is 24.7. The van der Waals surface area contributed by atoms with Gasteiger partial charge in [-0.3, -0.25) is 9.59 Å². The fourth-order valence-corrected chi connectivity index (χ4v) is 2.35. The van der Waals surface area contributed by atoms with Crippen LogP contribution in [0.2, 0.25) is 0 Å². The lowest BCUT2D eigenvalue weighted by Crippen LogP contribution is -2.42. The second-order valence-corrected chi connectivity index (χ2v) is 4.83. The van der Waals surface area contributed by atoms with Crippen LogP contribution in [0, 0.1) is 5.92 Å². The lowest BCUT2D eigenvalue weighted by molar-refractivity contribution is -0.143. The van der Waals surface area contributed by atoms with Gasteiger partial charge in [0.1, 0.15) is 5.75 Å². The zero-order valence-electron chi connectivity index (χ0n) is 11.2. The largest absolute Gasteiger partial charge is 0.481 e. The molecular weight excluding hydrogens is 284 g/mol. The third-order valence-electron chi connectivity index (χ3n) is 3.36. The molecule has 1 N–H and O–H groups in total. The van der Waals surface area contributed by atoms with E-state index < -0.39 is 18.5 Å². The Hall–Kier alpha value is -2.18. The molecule has 0 spiro atoms. The molecule has 21 heavy (non-hydrogen) atoms. The average Bonchev–Trinajstić information content (AvgIpc) is 2.46. The van der Waals surface area contributed by atoms with Crippen molar-refractivity contribution in [3.63, 3.8) is 0 Å². The number of carbonyl (C=O) groups is 2. The van der Waals surface area contributed by atoms with E-state index in [4.69, 9.17) is 5.11 Å². The maximum absolute atomic E-state index is 12.3. The van der Waals surface area contributed by atoms with Crippen molar-refractivity contribution in [3.8, 4) is 5.75 Å². The van der Waals surface area contributed by atoms with E-state index in [2.05, 4.69) is 4.74 Å². The summed E-state index contributed by atoms with van der Waals surface area (Å²) in [5.74, 6) is -1.98. The van der Waals surface area contributed by atoms with E-state index in [1.807, 2.05) is 0 Å². The minimum Gasteiger partial charge on any atom is -0.481 e. The number of carboxylic acids is 1. The van der Waals surface area contributed by atoms with Crippen LogP contribution in [0.1, 0.15) is 23.2 Å². The number of aliphatic carboxylic acids is 1. The molecular formula is C14H15F2NO4. The molecule has 114 valence electrons. The van der Waals surface area contributed by atoms with Gasteiger partial charge in [-0.25, -0.2) is 0 Å². The normalized spacial score (nSPS) is 18.6. The Labute approximate surface area is 120 Å². The number of carbonyl (C=O) groups excluding carboxylic acids is 1. The maximum atomic E-state index is 12.3. The molecule has 1 amide bonds. The van der Waals surface area contributed by atoms with E-state index in [1.54, 1.807) is 0 Å². The summed E-state index contributed by atoms with van der Waals surface area (Å²) in [5, 5.41) is 9.01. The number of piperidine rings is 1. The van der Waals surface area contributed by atoms with Crippen LogP contribution in [-0.4, -0.2) is 41.6 Å². The smallest absolute Gasteiger partial charge is 0.387 e. The minimum absolute atomic E-state index is 0.0948. The van der Waals surface area contributed by atoms with Crippen molar-refractivity contribution >= 4 is 11.9 Å². The van der Waals surface area contributed by atoms with Crippen LogP contribution in [0.4, 0.5) is 8.78 Å². The molecule has 1 fully saturated rings. The van der Waals surface area contributed by atoms with Gasteiger partial charge in [-0.15, -0.1) is 0 Å². The van der Waals surface area contributed by atoms with Gasteiger partial charge >= 0.3 is 12.6 Å². The number of rotatable bonds is 4. The van der Waals surface area contributed by atoms with Crippen molar-refractivity contribution in [1.82, 2.24) is 4.90 Å². The molecule has 0 aliphatic carbocycles. The van der Waals surface area contributed by atoms with Crippen LogP contribution in [0.3, 0.4) is 0 Å². The summed E-state index contributed by atoms with van der Waals surface area (Å²) in [7, 11) is 0. The predicted molar refractivity (Wildman–Crippen MR) is 69.3 cm³/mol. The predicted octanol–water partition coefficient (Wildman–Crippen LogP) is 2.22. The van der Waals surface area contributed by atoms with Gasteiger partial charge in [-0.1, -0.05) is 6.07 Å². The number of nitrogens with zero attached hydrogens (tertiary/aromatic N) is 1. The quantitative estimate of drug-likeness (QED) is 0.925. The Kier molecular flexibility index (Phi) is 4.72. The molecule has 1 heterocycles. The highest BCUT2D eigenvalue weighted by atomic mass is 19.3. The van der Waals surface area contributed by atoms with Crippen molar-refractivity contribution in [2.24, 2.45) is 5.92 Å². The minimum atomic E-state index is -2.96. The zero-order valence-corrected chi connectivity index (χ0v) is 11.2. The molecule has 0 unspecified atom stereocenters. The number of hydrogen-bond acceptors (Lipinski definition) is 3. The Balaban J connectivity index is 2.10. The monoisotopic (exact) mass is 299 g/mol. The molecule has 0 bridgehead atoms. The SMILES string of the molecule is O=C(O)[C@@H]1CCCN(C(=O)c2cccc(OC(F)F)c2)C1. The number of amides is 1. The van der Waals surface area contributed by atoms with Crippen LogP contribution in [0.15, 0.2) is 24.3 Å². The first-order valence-corrected chi connectivity index (χ1v) is 6.54. The molecule has 1 saturated heterocycles. The van der Waals surface area contributed by atoms with E-state index in [-0.39, 0.29) is 23.8 Å². The number of likely N-dealkylation sites (tertiary alicyclic amines) is 1. The second-order valence-electron chi connectivity index (χ2n) is 4.83. The molecule has 1 aliphatic rings. The summed E-state index contributed by atoms with van der Waals surface area (Å²) in [5.41, 5.74) is 0.208. The molecule has 7 heteroatoms. The van der Waals surface area contributed by atoms with Gasteiger partial charge in [0.05, 0.1) is 5.92 Å². The first-order valence-electron chi connectivity index (χ1n) is 6.54. The van der Waals surface area contributed by atoms with Crippen molar-refractivity contribution < 1.29 is 28.2 Å². The Bertz CT molecular complexity index is 535. The Morgan fingerprint density at radius 1 is 1.38 bits per heavy atom. The van der Waals surface area contributed by atoms with Crippen molar-refractivity contribution in [2.75, 3.05) is 13.1 Å². The highest BCUT2D eigenvalue weighted by molar-refractivity contribution is 5.95. The van der Waals surface area contributed by atoms with Crippen LogP contribution in [0.25, 0.3) is 0 Å².